The molecule has 0 aliphatic carbocycles. The summed E-state index contributed by atoms with van der Waals surface area (Å²) in [5.74, 6) is 0.106. The summed E-state index contributed by atoms with van der Waals surface area (Å²) in [5, 5.41) is 5.76. The molecule has 1 aliphatic rings. The number of amides is 2. The highest BCUT2D eigenvalue weighted by Crippen LogP contribution is 2.21. The Morgan fingerprint density at radius 1 is 0.939 bits per heavy atom. The summed E-state index contributed by atoms with van der Waals surface area (Å²) in [7, 11) is 0. The van der Waals surface area contributed by atoms with E-state index in [1.165, 1.54) is 0 Å². The van der Waals surface area contributed by atoms with Gasteiger partial charge in [-0.25, -0.2) is 0 Å². The van der Waals surface area contributed by atoms with Crippen molar-refractivity contribution in [1.29, 1.82) is 0 Å². The second-order valence-electron chi connectivity index (χ2n) is 8.22. The maximum absolute atomic E-state index is 12.9. The Morgan fingerprint density at radius 3 is 2.45 bits per heavy atom. The smallest absolute Gasteiger partial charge is 0.257 e. The molecule has 6 nitrogen and oxygen atoms in total. The standard InChI is InChI=1S/C27H28N2O4/c1-18-9-12-21(16-19(18)2)28-27(31)24-7-3-4-8-25(24)29-26(30)20-10-13-22(14-11-20)33-17-23-6-5-15-32-23/h3-4,7-14,16,23H,5-6,15,17H2,1-2H3,(H,28,31)(H,29,30). The van der Waals surface area contributed by atoms with Crippen LogP contribution in [0.3, 0.4) is 0 Å². The second kappa shape index (κ2) is 10.3. The van der Waals surface area contributed by atoms with Crippen LogP contribution in [0.5, 0.6) is 5.75 Å². The molecule has 1 unspecified atom stereocenters. The minimum atomic E-state index is -0.299. The van der Waals surface area contributed by atoms with Crippen LogP contribution in [0.4, 0.5) is 11.4 Å². The minimum Gasteiger partial charge on any atom is -0.491 e. The number of hydrogen-bond donors (Lipinski definition) is 2. The van der Waals surface area contributed by atoms with Gasteiger partial charge in [0.2, 0.25) is 0 Å². The first kappa shape index (κ1) is 22.6. The lowest BCUT2D eigenvalue weighted by Gasteiger charge is -2.13. The molecular weight excluding hydrogens is 416 g/mol. The highest BCUT2D eigenvalue weighted by atomic mass is 16.5. The Hall–Kier alpha value is -3.64. The van der Waals surface area contributed by atoms with Crippen LogP contribution in [0.2, 0.25) is 0 Å². The van der Waals surface area contributed by atoms with Crippen LogP contribution in [0, 0.1) is 13.8 Å². The van der Waals surface area contributed by atoms with E-state index in [9.17, 15) is 9.59 Å². The highest BCUT2D eigenvalue weighted by Gasteiger charge is 2.17. The molecule has 1 heterocycles. The highest BCUT2D eigenvalue weighted by molar-refractivity contribution is 6.12. The van der Waals surface area contributed by atoms with Gasteiger partial charge in [-0.1, -0.05) is 18.2 Å². The number of rotatable bonds is 7. The number of nitrogens with one attached hydrogen (secondary N) is 2. The van der Waals surface area contributed by atoms with E-state index in [4.69, 9.17) is 9.47 Å². The lowest BCUT2D eigenvalue weighted by atomic mass is 10.1. The van der Waals surface area contributed by atoms with Crippen molar-refractivity contribution < 1.29 is 19.1 Å². The maximum Gasteiger partial charge on any atom is 0.257 e. The number of carbonyl (C=O) groups excluding carboxylic acids is 2. The van der Waals surface area contributed by atoms with E-state index in [1.807, 2.05) is 32.0 Å². The quantitative estimate of drug-likeness (QED) is 0.514. The van der Waals surface area contributed by atoms with Crippen molar-refractivity contribution in [2.45, 2.75) is 32.8 Å². The van der Waals surface area contributed by atoms with Crippen LogP contribution in [0.1, 0.15) is 44.7 Å². The Bertz CT molecular complexity index is 1140. The fourth-order valence-corrected chi connectivity index (χ4v) is 3.67. The van der Waals surface area contributed by atoms with Gasteiger partial charge in [0.15, 0.2) is 0 Å². The molecule has 1 fully saturated rings. The van der Waals surface area contributed by atoms with Crippen LogP contribution in [0.25, 0.3) is 0 Å². The first-order valence-electron chi connectivity index (χ1n) is 11.1. The molecule has 0 radical (unpaired) electrons. The van der Waals surface area contributed by atoms with Crippen LogP contribution in [-0.4, -0.2) is 31.1 Å². The van der Waals surface area contributed by atoms with Gasteiger partial charge in [0, 0.05) is 17.9 Å². The van der Waals surface area contributed by atoms with Gasteiger partial charge < -0.3 is 20.1 Å². The Labute approximate surface area is 193 Å². The van der Waals surface area contributed by atoms with Crippen molar-refractivity contribution in [2.75, 3.05) is 23.8 Å². The normalized spacial score (nSPS) is 15.2. The van der Waals surface area contributed by atoms with Crippen LogP contribution in [0.15, 0.2) is 66.7 Å². The van der Waals surface area contributed by atoms with E-state index in [0.717, 1.165) is 30.6 Å². The topological polar surface area (TPSA) is 76.7 Å². The van der Waals surface area contributed by atoms with Gasteiger partial charge in [-0.3, -0.25) is 9.59 Å². The third-order valence-corrected chi connectivity index (χ3v) is 5.76. The van der Waals surface area contributed by atoms with E-state index in [0.29, 0.717) is 34.9 Å². The number of benzene rings is 3. The van der Waals surface area contributed by atoms with Crippen LogP contribution in [-0.2, 0) is 4.74 Å². The average Bonchev–Trinajstić information content (AvgIpc) is 3.34. The molecule has 1 saturated heterocycles. The number of hydrogen-bond acceptors (Lipinski definition) is 4. The third kappa shape index (κ3) is 5.79. The Kier molecular flexibility index (Phi) is 7.05. The van der Waals surface area contributed by atoms with E-state index < -0.39 is 0 Å². The maximum atomic E-state index is 12.9. The zero-order valence-electron chi connectivity index (χ0n) is 18.9. The fraction of sp³-hybridized carbons (Fsp3) is 0.259. The van der Waals surface area contributed by atoms with Crippen LogP contribution < -0.4 is 15.4 Å². The summed E-state index contributed by atoms with van der Waals surface area (Å²) >= 11 is 0. The molecule has 4 rings (SSSR count). The van der Waals surface area contributed by atoms with Gasteiger partial charge in [-0.2, -0.15) is 0 Å². The molecule has 0 aromatic heterocycles. The van der Waals surface area contributed by atoms with Crippen molar-refractivity contribution in [2.24, 2.45) is 0 Å². The predicted molar refractivity (Wildman–Crippen MR) is 129 cm³/mol. The number of carbonyl (C=O) groups is 2. The summed E-state index contributed by atoms with van der Waals surface area (Å²) in [4.78, 5) is 25.7. The summed E-state index contributed by atoms with van der Waals surface area (Å²) in [6.45, 7) is 5.32. The van der Waals surface area contributed by atoms with Crippen molar-refractivity contribution >= 4 is 23.2 Å². The monoisotopic (exact) mass is 444 g/mol. The minimum absolute atomic E-state index is 0.138. The summed E-state index contributed by atoms with van der Waals surface area (Å²) in [6.07, 6.45) is 2.22. The number of ether oxygens (including phenoxy) is 2. The zero-order valence-corrected chi connectivity index (χ0v) is 18.9. The van der Waals surface area contributed by atoms with Crippen molar-refractivity contribution in [3.63, 3.8) is 0 Å². The third-order valence-electron chi connectivity index (χ3n) is 5.76. The second-order valence-corrected chi connectivity index (χ2v) is 8.22. The zero-order chi connectivity index (χ0) is 23.2. The van der Waals surface area contributed by atoms with E-state index in [2.05, 4.69) is 10.6 Å². The van der Waals surface area contributed by atoms with Crippen LogP contribution >= 0.6 is 0 Å². The largest absolute Gasteiger partial charge is 0.491 e. The summed E-state index contributed by atoms with van der Waals surface area (Å²) < 4.78 is 11.3. The molecule has 170 valence electrons. The van der Waals surface area contributed by atoms with Crippen molar-refractivity contribution in [3.8, 4) is 5.75 Å². The first-order valence-corrected chi connectivity index (χ1v) is 11.1. The summed E-state index contributed by atoms with van der Waals surface area (Å²) in [6, 6.07) is 19.7. The summed E-state index contributed by atoms with van der Waals surface area (Å²) in [5.41, 5.74) is 4.27. The number of anilines is 2. The molecule has 0 spiro atoms. The lowest BCUT2D eigenvalue weighted by molar-refractivity contribution is 0.0679. The molecule has 0 saturated carbocycles. The van der Waals surface area contributed by atoms with Gasteiger partial charge in [-0.05, 0) is 86.3 Å². The van der Waals surface area contributed by atoms with E-state index >= 15 is 0 Å². The van der Waals surface area contributed by atoms with Gasteiger partial charge in [-0.15, -0.1) is 0 Å². The molecule has 0 bridgehead atoms. The molecule has 2 N–H and O–H groups in total. The molecule has 3 aromatic rings. The molecule has 6 heteroatoms. The number of para-hydroxylation sites is 1. The van der Waals surface area contributed by atoms with E-state index in [1.54, 1.807) is 48.5 Å². The van der Waals surface area contributed by atoms with Crippen molar-refractivity contribution in [1.82, 2.24) is 0 Å². The van der Waals surface area contributed by atoms with E-state index in [-0.39, 0.29) is 17.9 Å². The fourth-order valence-electron chi connectivity index (χ4n) is 3.67. The molecule has 1 atom stereocenters. The lowest BCUT2D eigenvalue weighted by Crippen LogP contribution is -2.18. The van der Waals surface area contributed by atoms with Gasteiger partial charge in [0.1, 0.15) is 12.4 Å². The molecular formula is C27H28N2O4. The van der Waals surface area contributed by atoms with Gasteiger partial charge >= 0.3 is 0 Å². The molecule has 33 heavy (non-hydrogen) atoms. The average molecular weight is 445 g/mol. The molecule has 1 aliphatic heterocycles. The molecule has 2 amide bonds. The number of aryl methyl sites for hydroxylation is 2. The Morgan fingerprint density at radius 2 is 1.73 bits per heavy atom. The molecule has 3 aromatic carbocycles. The SMILES string of the molecule is Cc1ccc(NC(=O)c2ccccc2NC(=O)c2ccc(OCC3CCCO3)cc2)cc1C. The predicted octanol–water partition coefficient (Wildman–Crippen LogP) is 5.37. The first-order chi connectivity index (χ1) is 16.0. The van der Waals surface area contributed by atoms with Gasteiger partial charge in [0.05, 0.1) is 17.4 Å². The Balaban J connectivity index is 1.40. The van der Waals surface area contributed by atoms with Gasteiger partial charge in [0.25, 0.3) is 11.8 Å². The van der Waals surface area contributed by atoms with Crippen molar-refractivity contribution in [3.05, 3.63) is 89.0 Å².